The van der Waals surface area contributed by atoms with Gasteiger partial charge in [0.15, 0.2) is 17.5 Å². The molecule has 0 saturated carbocycles. The SMILES string of the molecule is c1ccc(-c2cccc(N3c4cccc(-c5nc(-c6ccccc6)nc(-c6ccc7ccccc7c6)n5)c4-c4cccc5c(-c6ccccc6)ccc3c45)c2)cc1. The van der Waals surface area contributed by atoms with Gasteiger partial charge in [-0.2, -0.15) is 0 Å². The van der Waals surface area contributed by atoms with Crippen molar-refractivity contribution in [1.82, 2.24) is 15.0 Å². The highest BCUT2D eigenvalue weighted by atomic mass is 15.2. The Bertz CT molecular complexity index is 3120. The second kappa shape index (κ2) is 13.6. The maximum atomic E-state index is 5.31. The second-order valence-electron chi connectivity index (χ2n) is 14.4. The van der Waals surface area contributed by atoms with Crippen molar-refractivity contribution in [3.63, 3.8) is 0 Å². The third kappa shape index (κ3) is 5.66. The van der Waals surface area contributed by atoms with Crippen LogP contribution in [-0.4, -0.2) is 15.0 Å². The van der Waals surface area contributed by atoms with Crippen LogP contribution < -0.4 is 4.90 Å². The molecule has 0 bridgehead atoms. The van der Waals surface area contributed by atoms with Gasteiger partial charge in [-0.15, -0.1) is 0 Å². The molecule has 0 fully saturated rings. The Kier molecular flexibility index (Phi) is 7.78. The number of benzene rings is 9. The van der Waals surface area contributed by atoms with Gasteiger partial charge in [-0.1, -0.05) is 176 Å². The molecule has 4 heteroatoms. The van der Waals surface area contributed by atoms with Crippen LogP contribution in [0, 0.1) is 0 Å². The van der Waals surface area contributed by atoms with Gasteiger partial charge in [0.2, 0.25) is 0 Å². The van der Waals surface area contributed by atoms with Crippen LogP contribution in [-0.2, 0) is 0 Å². The van der Waals surface area contributed by atoms with Crippen molar-refractivity contribution in [1.29, 1.82) is 0 Å². The molecule has 0 aliphatic carbocycles. The molecule has 2 heterocycles. The van der Waals surface area contributed by atoms with Crippen molar-refractivity contribution < 1.29 is 0 Å². The fraction of sp³-hybridized carbons (Fsp3) is 0. The molecule has 1 aromatic heterocycles. The number of anilines is 3. The van der Waals surface area contributed by atoms with Crippen molar-refractivity contribution in [2.75, 3.05) is 4.90 Å². The number of fused-ring (bicyclic) bond motifs is 3. The Hall–Kier alpha value is -7.69. The van der Waals surface area contributed by atoms with E-state index in [-0.39, 0.29) is 0 Å². The van der Waals surface area contributed by atoms with Crippen LogP contribution in [0.25, 0.3) is 89.1 Å². The second-order valence-corrected chi connectivity index (χ2v) is 14.4. The van der Waals surface area contributed by atoms with E-state index in [0.717, 1.165) is 55.8 Å². The minimum absolute atomic E-state index is 0.626. The summed E-state index contributed by atoms with van der Waals surface area (Å²) >= 11 is 0. The van der Waals surface area contributed by atoms with E-state index in [2.05, 4.69) is 193 Å². The fourth-order valence-corrected chi connectivity index (χ4v) is 8.38. The summed E-state index contributed by atoms with van der Waals surface area (Å²) in [4.78, 5) is 18.1. The van der Waals surface area contributed by atoms with E-state index in [4.69, 9.17) is 15.0 Å². The summed E-state index contributed by atoms with van der Waals surface area (Å²) in [6, 6.07) is 72.9. The number of hydrogen-bond donors (Lipinski definition) is 0. The summed E-state index contributed by atoms with van der Waals surface area (Å²) in [6.07, 6.45) is 0. The van der Waals surface area contributed by atoms with E-state index < -0.39 is 0 Å². The zero-order valence-electron chi connectivity index (χ0n) is 30.9. The summed E-state index contributed by atoms with van der Waals surface area (Å²) in [5.41, 5.74) is 13.1. The van der Waals surface area contributed by atoms with Gasteiger partial charge in [0.25, 0.3) is 0 Å². The van der Waals surface area contributed by atoms with E-state index in [1.54, 1.807) is 0 Å². The molecular weight excluding hydrogens is 693 g/mol. The average Bonchev–Trinajstić information content (AvgIpc) is 3.29. The Morgan fingerprint density at radius 3 is 1.72 bits per heavy atom. The van der Waals surface area contributed by atoms with Gasteiger partial charge in [-0.25, -0.2) is 15.0 Å². The molecule has 0 atom stereocenters. The zero-order valence-corrected chi connectivity index (χ0v) is 30.9. The van der Waals surface area contributed by atoms with Crippen LogP contribution in [0.15, 0.2) is 206 Å². The topological polar surface area (TPSA) is 41.9 Å². The normalized spacial score (nSPS) is 11.8. The van der Waals surface area contributed by atoms with Crippen LogP contribution in [0.1, 0.15) is 0 Å². The van der Waals surface area contributed by atoms with Crippen molar-refractivity contribution in [2.24, 2.45) is 0 Å². The molecule has 0 amide bonds. The first kappa shape index (κ1) is 32.7. The molecule has 4 nitrogen and oxygen atoms in total. The number of hydrogen-bond acceptors (Lipinski definition) is 4. The molecule has 0 saturated heterocycles. The number of rotatable bonds is 6. The molecule has 11 rings (SSSR count). The Labute approximate surface area is 331 Å². The van der Waals surface area contributed by atoms with Gasteiger partial charge in [0.05, 0.1) is 11.4 Å². The van der Waals surface area contributed by atoms with E-state index in [1.165, 1.54) is 32.8 Å². The minimum atomic E-state index is 0.626. The summed E-state index contributed by atoms with van der Waals surface area (Å²) in [5, 5.41) is 4.70. The van der Waals surface area contributed by atoms with Gasteiger partial charge >= 0.3 is 0 Å². The molecule has 266 valence electrons. The third-order valence-corrected chi connectivity index (χ3v) is 11.0. The quantitative estimate of drug-likeness (QED) is 0.171. The smallest absolute Gasteiger partial charge is 0.164 e. The molecule has 0 N–H and O–H groups in total. The molecule has 10 aromatic rings. The lowest BCUT2D eigenvalue weighted by molar-refractivity contribution is 1.07. The predicted molar refractivity (Wildman–Crippen MR) is 236 cm³/mol. The highest BCUT2D eigenvalue weighted by Crippen LogP contribution is 2.55. The summed E-state index contributed by atoms with van der Waals surface area (Å²) in [6.45, 7) is 0. The highest BCUT2D eigenvalue weighted by molar-refractivity contribution is 6.19. The van der Waals surface area contributed by atoms with E-state index in [1.807, 2.05) is 18.2 Å². The third-order valence-electron chi connectivity index (χ3n) is 11.0. The van der Waals surface area contributed by atoms with Crippen molar-refractivity contribution in [3.05, 3.63) is 206 Å². The average molecular weight is 727 g/mol. The molecular formula is C53H34N4. The van der Waals surface area contributed by atoms with Crippen LogP contribution in [0.5, 0.6) is 0 Å². The van der Waals surface area contributed by atoms with Gasteiger partial charge in [0.1, 0.15) is 0 Å². The van der Waals surface area contributed by atoms with Crippen LogP contribution in [0.3, 0.4) is 0 Å². The molecule has 0 radical (unpaired) electrons. The first-order valence-corrected chi connectivity index (χ1v) is 19.3. The first-order chi connectivity index (χ1) is 28.3. The maximum Gasteiger partial charge on any atom is 0.164 e. The monoisotopic (exact) mass is 726 g/mol. The summed E-state index contributed by atoms with van der Waals surface area (Å²) in [7, 11) is 0. The standard InChI is InChI=1S/C53H34N4/c1-4-15-35(16-5-1)40-23-12-24-42(34-40)57-47-28-14-27-46(50(47)45-26-13-25-44-43(31-32-48(57)49(44)45)37-18-6-2-7-19-37)53-55-51(38-20-8-3-9-21-38)54-52(56-53)41-30-29-36-17-10-11-22-39(36)33-41/h1-34H. The maximum absolute atomic E-state index is 5.31. The molecule has 1 aliphatic rings. The predicted octanol–water partition coefficient (Wildman–Crippen LogP) is 14.0. The molecule has 1 aliphatic heterocycles. The first-order valence-electron chi connectivity index (χ1n) is 19.3. The van der Waals surface area contributed by atoms with Gasteiger partial charge < -0.3 is 4.90 Å². The van der Waals surface area contributed by atoms with Crippen LogP contribution >= 0.6 is 0 Å². The Balaban J connectivity index is 1.19. The molecule has 0 spiro atoms. The number of nitrogens with zero attached hydrogens (tertiary/aromatic N) is 4. The molecule has 57 heavy (non-hydrogen) atoms. The lowest BCUT2D eigenvalue weighted by Gasteiger charge is -2.35. The van der Waals surface area contributed by atoms with Crippen molar-refractivity contribution in [2.45, 2.75) is 0 Å². The lowest BCUT2D eigenvalue weighted by Crippen LogP contribution is -2.16. The number of aromatic nitrogens is 3. The van der Waals surface area contributed by atoms with E-state index >= 15 is 0 Å². The largest absolute Gasteiger partial charge is 0.309 e. The Morgan fingerprint density at radius 2 is 0.930 bits per heavy atom. The van der Waals surface area contributed by atoms with Crippen molar-refractivity contribution in [3.8, 4) is 67.5 Å². The van der Waals surface area contributed by atoms with Crippen LogP contribution in [0.4, 0.5) is 17.1 Å². The lowest BCUT2D eigenvalue weighted by atomic mass is 9.85. The zero-order chi connectivity index (χ0) is 37.7. The fourth-order valence-electron chi connectivity index (χ4n) is 8.38. The van der Waals surface area contributed by atoms with E-state index in [9.17, 15) is 0 Å². The van der Waals surface area contributed by atoms with Gasteiger partial charge in [-0.05, 0) is 74.3 Å². The van der Waals surface area contributed by atoms with Crippen molar-refractivity contribution >= 4 is 38.6 Å². The Morgan fingerprint density at radius 1 is 0.316 bits per heavy atom. The minimum Gasteiger partial charge on any atom is -0.309 e. The van der Waals surface area contributed by atoms with E-state index in [0.29, 0.717) is 17.5 Å². The molecule has 9 aromatic carbocycles. The molecule has 0 unspecified atom stereocenters. The summed E-state index contributed by atoms with van der Waals surface area (Å²) in [5.74, 6) is 1.89. The van der Waals surface area contributed by atoms with Gasteiger partial charge in [0, 0.05) is 33.3 Å². The summed E-state index contributed by atoms with van der Waals surface area (Å²) < 4.78 is 0. The van der Waals surface area contributed by atoms with Gasteiger partial charge in [-0.3, -0.25) is 0 Å². The highest BCUT2D eigenvalue weighted by Gasteiger charge is 2.30. The van der Waals surface area contributed by atoms with Crippen LogP contribution in [0.2, 0.25) is 0 Å².